The Kier molecular flexibility index (Phi) is 11.5. The van der Waals surface area contributed by atoms with Crippen molar-refractivity contribution in [3.05, 3.63) is 0 Å². The van der Waals surface area contributed by atoms with E-state index in [1.54, 1.807) is 0 Å². The van der Waals surface area contributed by atoms with Crippen molar-refractivity contribution >= 4 is 12.1 Å². The second-order valence-electron chi connectivity index (χ2n) is 5.78. The van der Waals surface area contributed by atoms with Crippen molar-refractivity contribution < 1.29 is 24.3 Å². The molecule has 0 saturated heterocycles. The molecule has 6 nitrogen and oxygen atoms in total. The summed E-state index contributed by atoms with van der Waals surface area (Å²) in [5.41, 5.74) is 2.07. The Balaban J connectivity index is 0.00000211. The Hall–Kier alpha value is -1.30. The maximum absolute atomic E-state index is 11.4. The number of aliphatic carboxylic acids is 1. The zero-order valence-corrected chi connectivity index (χ0v) is 14.3. The Bertz CT molecular complexity index is 314. The van der Waals surface area contributed by atoms with Gasteiger partial charge in [-0.1, -0.05) is 47.0 Å². The van der Waals surface area contributed by atoms with Crippen LogP contribution in [-0.4, -0.2) is 29.9 Å². The lowest BCUT2D eigenvalue weighted by atomic mass is 9.90. The van der Waals surface area contributed by atoms with Crippen LogP contribution >= 0.6 is 0 Å². The first-order chi connectivity index (χ1) is 10.5. The third-order valence-corrected chi connectivity index (χ3v) is 3.42. The summed E-state index contributed by atoms with van der Waals surface area (Å²) < 4.78 is 5.05. The summed E-state index contributed by atoms with van der Waals surface area (Å²) in [5.74, 6) is -0.511. The Morgan fingerprint density at radius 1 is 1.18 bits per heavy atom. The molecule has 1 amide bonds. The van der Waals surface area contributed by atoms with Crippen LogP contribution in [-0.2, 0) is 14.4 Å². The van der Waals surface area contributed by atoms with E-state index in [1.807, 2.05) is 27.7 Å². The fourth-order valence-corrected chi connectivity index (χ4v) is 2.32. The molecule has 1 aliphatic carbocycles. The number of nitrogens with one attached hydrogen (secondary N) is 1. The van der Waals surface area contributed by atoms with Crippen LogP contribution in [0.2, 0.25) is 0 Å². The van der Waals surface area contributed by atoms with Gasteiger partial charge in [-0.2, -0.15) is 5.48 Å². The average Bonchev–Trinajstić information content (AvgIpc) is 2.51. The molecule has 0 aromatic heterocycles. The van der Waals surface area contributed by atoms with Crippen molar-refractivity contribution in [3.63, 3.8) is 0 Å². The number of hydroxylamine groups is 1. The van der Waals surface area contributed by atoms with Crippen LogP contribution in [0.5, 0.6) is 0 Å². The lowest BCUT2D eigenvalue weighted by Gasteiger charge is -2.21. The number of carboxylic acids is 1. The largest absolute Gasteiger partial charge is 0.479 e. The minimum Gasteiger partial charge on any atom is -0.479 e. The lowest BCUT2D eigenvalue weighted by molar-refractivity contribution is -0.156. The SMILES string of the molecule is CC.CC(C)CC(ONC(=O)OCC1CCCCC1)C(=O)O. The quantitative estimate of drug-likeness (QED) is 0.698. The van der Waals surface area contributed by atoms with E-state index in [1.165, 1.54) is 19.3 Å². The number of amides is 1. The van der Waals surface area contributed by atoms with Crippen LogP contribution in [0.4, 0.5) is 4.79 Å². The molecule has 130 valence electrons. The van der Waals surface area contributed by atoms with Gasteiger partial charge in [-0.05, 0) is 31.1 Å². The molecule has 1 atom stereocenters. The second-order valence-corrected chi connectivity index (χ2v) is 5.78. The highest BCUT2D eigenvalue weighted by Crippen LogP contribution is 2.23. The van der Waals surface area contributed by atoms with Crippen molar-refractivity contribution in [2.45, 2.75) is 72.3 Å². The standard InChI is InChI=1S/C14H25NO5.C2H6/c1-10(2)8-12(13(16)17)20-15-14(18)19-9-11-6-4-3-5-7-11;1-2/h10-12H,3-9H2,1-2H3,(H,15,18)(H,16,17);1-2H3. The van der Waals surface area contributed by atoms with Gasteiger partial charge in [-0.25, -0.2) is 9.59 Å². The number of hydrogen-bond acceptors (Lipinski definition) is 4. The van der Waals surface area contributed by atoms with Gasteiger partial charge in [-0.3, -0.25) is 4.84 Å². The Morgan fingerprint density at radius 3 is 2.27 bits per heavy atom. The van der Waals surface area contributed by atoms with Crippen molar-refractivity contribution in [2.75, 3.05) is 6.61 Å². The molecule has 6 heteroatoms. The molecule has 2 N–H and O–H groups in total. The summed E-state index contributed by atoms with van der Waals surface area (Å²) in [6.07, 6.45) is 4.35. The Labute approximate surface area is 133 Å². The molecule has 1 aliphatic rings. The first-order valence-electron chi connectivity index (χ1n) is 8.30. The topological polar surface area (TPSA) is 84.9 Å². The number of hydrogen-bond donors (Lipinski definition) is 2. The van der Waals surface area contributed by atoms with Crippen molar-refractivity contribution in [3.8, 4) is 0 Å². The lowest BCUT2D eigenvalue weighted by Crippen LogP contribution is -2.36. The highest BCUT2D eigenvalue weighted by atomic mass is 16.7. The van der Waals surface area contributed by atoms with Crippen molar-refractivity contribution in [1.82, 2.24) is 5.48 Å². The van der Waals surface area contributed by atoms with Gasteiger partial charge in [0.05, 0.1) is 6.61 Å². The van der Waals surface area contributed by atoms with E-state index >= 15 is 0 Å². The molecule has 1 fully saturated rings. The fraction of sp³-hybridized carbons (Fsp3) is 0.875. The van der Waals surface area contributed by atoms with Crippen LogP contribution in [0.1, 0.15) is 66.2 Å². The third kappa shape index (κ3) is 9.60. The summed E-state index contributed by atoms with van der Waals surface area (Å²) in [6.45, 7) is 8.15. The predicted molar refractivity (Wildman–Crippen MR) is 84.4 cm³/mol. The van der Waals surface area contributed by atoms with Gasteiger partial charge >= 0.3 is 12.1 Å². The smallest absolute Gasteiger partial charge is 0.431 e. The minimum atomic E-state index is -1.09. The van der Waals surface area contributed by atoms with Crippen molar-refractivity contribution in [1.29, 1.82) is 0 Å². The first kappa shape index (κ1) is 20.7. The third-order valence-electron chi connectivity index (χ3n) is 3.42. The molecular formula is C16H31NO5. The molecule has 0 heterocycles. The normalized spacial score (nSPS) is 16.4. The molecule has 0 aromatic rings. The fourth-order valence-electron chi connectivity index (χ4n) is 2.32. The van der Waals surface area contributed by atoms with Gasteiger partial charge in [0, 0.05) is 0 Å². The number of carbonyl (C=O) groups is 2. The first-order valence-corrected chi connectivity index (χ1v) is 8.30. The highest BCUT2D eigenvalue weighted by molar-refractivity contribution is 5.73. The predicted octanol–water partition coefficient (Wildman–Crippen LogP) is 3.75. The van der Waals surface area contributed by atoms with Gasteiger partial charge in [0.1, 0.15) is 0 Å². The number of ether oxygens (including phenoxy) is 1. The van der Waals surface area contributed by atoms with Gasteiger partial charge < -0.3 is 9.84 Å². The summed E-state index contributed by atoms with van der Waals surface area (Å²) >= 11 is 0. The van der Waals surface area contributed by atoms with Crippen LogP contribution in [0.25, 0.3) is 0 Å². The van der Waals surface area contributed by atoms with E-state index in [9.17, 15) is 9.59 Å². The number of rotatable bonds is 7. The van der Waals surface area contributed by atoms with Crippen molar-refractivity contribution in [2.24, 2.45) is 11.8 Å². The molecule has 0 aromatic carbocycles. The molecule has 1 saturated carbocycles. The number of carboxylic acid groups (broad SMARTS) is 1. The van der Waals surface area contributed by atoms with Gasteiger partial charge in [0.2, 0.25) is 0 Å². The van der Waals surface area contributed by atoms with Gasteiger partial charge in [-0.15, -0.1) is 0 Å². The van der Waals surface area contributed by atoms with E-state index in [-0.39, 0.29) is 5.92 Å². The molecular weight excluding hydrogens is 286 g/mol. The van der Waals surface area contributed by atoms with Crippen LogP contribution in [0.3, 0.4) is 0 Å². The van der Waals surface area contributed by atoms with Gasteiger partial charge in [0.15, 0.2) is 6.10 Å². The second kappa shape index (κ2) is 12.3. The van der Waals surface area contributed by atoms with E-state index in [0.29, 0.717) is 18.9 Å². The van der Waals surface area contributed by atoms with E-state index in [4.69, 9.17) is 14.7 Å². The zero-order chi connectivity index (χ0) is 17.0. The summed E-state index contributed by atoms with van der Waals surface area (Å²) in [6, 6.07) is 0. The van der Waals surface area contributed by atoms with Gasteiger partial charge in [0.25, 0.3) is 0 Å². The summed E-state index contributed by atoms with van der Waals surface area (Å²) in [5, 5.41) is 8.95. The monoisotopic (exact) mass is 317 g/mol. The summed E-state index contributed by atoms with van der Waals surface area (Å²) in [4.78, 5) is 27.3. The highest BCUT2D eigenvalue weighted by Gasteiger charge is 2.22. The molecule has 0 spiro atoms. The van der Waals surface area contributed by atoms with E-state index in [0.717, 1.165) is 12.8 Å². The average molecular weight is 317 g/mol. The van der Waals surface area contributed by atoms with Crippen LogP contribution in [0.15, 0.2) is 0 Å². The molecule has 0 aliphatic heterocycles. The maximum Gasteiger partial charge on any atom is 0.431 e. The van der Waals surface area contributed by atoms with E-state index < -0.39 is 18.2 Å². The maximum atomic E-state index is 11.4. The molecule has 1 unspecified atom stereocenters. The van der Waals surface area contributed by atoms with Crippen LogP contribution < -0.4 is 5.48 Å². The molecule has 1 rings (SSSR count). The Morgan fingerprint density at radius 2 is 1.77 bits per heavy atom. The zero-order valence-electron chi connectivity index (χ0n) is 14.3. The molecule has 0 radical (unpaired) electrons. The molecule has 0 bridgehead atoms. The van der Waals surface area contributed by atoms with E-state index in [2.05, 4.69) is 5.48 Å². The summed E-state index contributed by atoms with van der Waals surface area (Å²) in [7, 11) is 0. The molecule has 22 heavy (non-hydrogen) atoms. The minimum absolute atomic E-state index is 0.163. The number of carbonyl (C=O) groups excluding carboxylic acids is 1. The van der Waals surface area contributed by atoms with Crippen LogP contribution in [0, 0.1) is 11.8 Å².